The summed E-state index contributed by atoms with van der Waals surface area (Å²) in [5.74, 6) is 0.0657. The number of ether oxygens (including phenoxy) is 1. The molecule has 1 aromatic carbocycles. The van der Waals surface area contributed by atoms with Crippen molar-refractivity contribution in [3.63, 3.8) is 0 Å². The molecule has 1 unspecified atom stereocenters. The van der Waals surface area contributed by atoms with Gasteiger partial charge in [-0.15, -0.1) is 0 Å². The van der Waals surface area contributed by atoms with Gasteiger partial charge >= 0.3 is 0 Å². The lowest BCUT2D eigenvalue weighted by Crippen LogP contribution is -2.29. The van der Waals surface area contributed by atoms with E-state index in [2.05, 4.69) is 20.9 Å². The minimum Gasteiger partial charge on any atom is -0.368 e. The van der Waals surface area contributed by atoms with Crippen LogP contribution < -0.4 is 16.0 Å². The van der Waals surface area contributed by atoms with E-state index in [0.717, 1.165) is 6.42 Å². The number of carbonyl (C=O) groups is 2. The molecule has 0 saturated carbocycles. The number of amides is 2. The monoisotopic (exact) mass is 422 g/mol. The summed E-state index contributed by atoms with van der Waals surface area (Å²) in [6.45, 7) is 1.41. The van der Waals surface area contributed by atoms with Crippen LogP contribution in [0.5, 0.6) is 0 Å². The quantitative estimate of drug-likeness (QED) is 0.594. The topological polar surface area (TPSA) is 92.4 Å². The highest BCUT2D eigenvalue weighted by Gasteiger charge is 2.23. The molecule has 1 atom stereocenters. The molecule has 1 fully saturated rings. The molecule has 1 aromatic heterocycles. The Morgan fingerprint density at radius 3 is 2.82 bits per heavy atom. The first-order valence-electron chi connectivity index (χ1n) is 8.88. The third-order valence-electron chi connectivity index (χ3n) is 4.13. The fraction of sp³-hybridized carbons (Fsp3) is 0.316. The van der Waals surface area contributed by atoms with Crippen molar-refractivity contribution < 1.29 is 14.3 Å². The summed E-state index contributed by atoms with van der Waals surface area (Å²) in [6.07, 6.45) is 2.67. The van der Waals surface area contributed by atoms with E-state index in [1.54, 1.807) is 30.3 Å². The zero-order valence-electron chi connectivity index (χ0n) is 15.0. The lowest BCUT2D eigenvalue weighted by molar-refractivity contribution is -0.124. The van der Waals surface area contributed by atoms with E-state index >= 15 is 0 Å². The number of nitrogens with zero attached hydrogens (tertiary/aromatic N) is 1. The minimum atomic E-state index is -0.420. The van der Waals surface area contributed by atoms with Crippen molar-refractivity contribution in [1.82, 2.24) is 10.3 Å². The number of nitrogens with one attached hydrogen (secondary N) is 3. The van der Waals surface area contributed by atoms with Gasteiger partial charge < -0.3 is 20.7 Å². The van der Waals surface area contributed by atoms with Gasteiger partial charge in [-0.05, 0) is 37.1 Å². The second-order valence-electron chi connectivity index (χ2n) is 6.24. The van der Waals surface area contributed by atoms with Gasteiger partial charge in [-0.1, -0.05) is 29.3 Å². The molecule has 3 N–H and O–H groups in total. The zero-order valence-corrected chi connectivity index (χ0v) is 16.5. The first kappa shape index (κ1) is 20.4. The zero-order chi connectivity index (χ0) is 19.9. The summed E-state index contributed by atoms with van der Waals surface area (Å²) in [4.78, 5) is 28.5. The molecule has 9 heteroatoms. The Morgan fingerprint density at radius 2 is 2.07 bits per heavy atom. The largest absolute Gasteiger partial charge is 0.368 e. The normalized spacial score (nSPS) is 15.9. The van der Waals surface area contributed by atoms with Gasteiger partial charge in [-0.25, -0.2) is 4.98 Å². The van der Waals surface area contributed by atoms with Crippen LogP contribution in [0.25, 0.3) is 0 Å². The van der Waals surface area contributed by atoms with Crippen LogP contribution in [0.4, 0.5) is 11.5 Å². The number of aromatic nitrogens is 1. The van der Waals surface area contributed by atoms with Gasteiger partial charge in [0.2, 0.25) is 0 Å². The summed E-state index contributed by atoms with van der Waals surface area (Å²) >= 11 is 11.8. The number of halogens is 2. The van der Waals surface area contributed by atoms with Crippen molar-refractivity contribution in [3.8, 4) is 0 Å². The molecule has 7 nitrogen and oxygen atoms in total. The molecule has 0 spiro atoms. The highest BCUT2D eigenvalue weighted by Crippen LogP contribution is 2.22. The average Bonchev–Trinajstić information content (AvgIpc) is 3.21. The molecule has 1 aliphatic rings. The standard InChI is InChI=1S/C19H20Cl2N4O3/c20-13-10-15(21)17(24-11-13)22-6-7-23-18(26)12-3-1-4-14(9-12)25-19(27)16-5-2-8-28-16/h1,3-4,9-11,16H,2,5-8H2,(H,22,24)(H,23,26)(H,25,27). The van der Waals surface area contributed by atoms with Gasteiger partial charge in [-0.3, -0.25) is 9.59 Å². The molecular weight excluding hydrogens is 403 g/mol. The van der Waals surface area contributed by atoms with E-state index in [1.165, 1.54) is 6.20 Å². The van der Waals surface area contributed by atoms with Gasteiger partial charge in [0.1, 0.15) is 11.9 Å². The molecule has 1 aliphatic heterocycles. The highest BCUT2D eigenvalue weighted by atomic mass is 35.5. The van der Waals surface area contributed by atoms with Crippen LogP contribution in [-0.2, 0) is 9.53 Å². The first-order valence-corrected chi connectivity index (χ1v) is 9.64. The van der Waals surface area contributed by atoms with Gasteiger partial charge in [0, 0.05) is 37.1 Å². The number of rotatable bonds is 7. The van der Waals surface area contributed by atoms with Crippen LogP contribution in [0, 0.1) is 0 Å². The van der Waals surface area contributed by atoms with Crippen molar-refractivity contribution >= 4 is 46.5 Å². The molecule has 3 rings (SSSR count). The van der Waals surface area contributed by atoms with Gasteiger partial charge in [-0.2, -0.15) is 0 Å². The van der Waals surface area contributed by atoms with Crippen LogP contribution in [0.1, 0.15) is 23.2 Å². The summed E-state index contributed by atoms with van der Waals surface area (Å²) in [7, 11) is 0. The van der Waals surface area contributed by atoms with Crippen LogP contribution in [0.15, 0.2) is 36.5 Å². The first-order chi connectivity index (χ1) is 13.5. The molecule has 2 aromatic rings. The van der Waals surface area contributed by atoms with Crippen molar-refractivity contribution in [2.75, 3.05) is 30.3 Å². The summed E-state index contributed by atoms with van der Waals surface area (Å²) in [5, 5.41) is 9.48. The number of anilines is 2. The Morgan fingerprint density at radius 1 is 1.21 bits per heavy atom. The predicted octanol–water partition coefficient (Wildman–Crippen LogP) is 3.35. The molecule has 2 heterocycles. The molecular formula is C19H20Cl2N4O3. The molecule has 0 bridgehead atoms. The van der Waals surface area contributed by atoms with Crippen molar-refractivity contribution in [1.29, 1.82) is 0 Å². The van der Waals surface area contributed by atoms with E-state index in [0.29, 0.717) is 53.2 Å². The van der Waals surface area contributed by atoms with Gasteiger partial charge in [0.25, 0.3) is 11.8 Å². The fourth-order valence-electron chi connectivity index (χ4n) is 2.75. The van der Waals surface area contributed by atoms with Crippen molar-refractivity contribution in [3.05, 3.63) is 52.1 Å². The molecule has 28 heavy (non-hydrogen) atoms. The third-order valence-corrected chi connectivity index (χ3v) is 4.62. The Balaban J connectivity index is 1.48. The number of hydrogen-bond acceptors (Lipinski definition) is 5. The van der Waals surface area contributed by atoms with E-state index in [4.69, 9.17) is 27.9 Å². The van der Waals surface area contributed by atoms with E-state index in [-0.39, 0.29) is 11.8 Å². The van der Waals surface area contributed by atoms with E-state index < -0.39 is 6.10 Å². The molecule has 148 valence electrons. The van der Waals surface area contributed by atoms with Crippen LogP contribution in [0.3, 0.4) is 0 Å². The van der Waals surface area contributed by atoms with Crippen LogP contribution in [-0.4, -0.2) is 42.6 Å². The highest BCUT2D eigenvalue weighted by molar-refractivity contribution is 6.35. The Kier molecular flexibility index (Phi) is 7.08. The predicted molar refractivity (Wildman–Crippen MR) is 109 cm³/mol. The second-order valence-corrected chi connectivity index (χ2v) is 7.08. The van der Waals surface area contributed by atoms with Crippen molar-refractivity contribution in [2.45, 2.75) is 18.9 Å². The second kappa shape index (κ2) is 9.73. The smallest absolute Gasteiger partial charge is 0.253 e. The average molecular weight is 423 g/mol. The maximum Gasteiger partial charge on any atom is 0.253 e. The van der Waals surface area contributed by atoms with E-state index in [1.807, 2.05) is 0 Å². The van der Waals surface area contributed by atoms with E-state index in [9.17, 15) is 9.59 Å². The summed E-state index contributed by atoms with van der Waals surface area (Å²) in [6, 6.07) is 8.36. The Hall–Kier alpha value is -2.35. The number of benzene rings is 1. The van der Waals surface area contributed by atoms with Crippen LogP contribution >= 0.6 is 23.2 Å². The summed E-state index contributed by atoms with van der Waals surface area (Å²) < 4.78 is 5.36. The van der Waals surface area contributed by atoms with Gasteiger partial charge in [0.15, 0.2) is 0 Å². The molecule has 2 amide bonds. The summed E-state index contributed by atoms with van der Waals surface area (Å²) in [5.41, 5.74) is 1.01. The lowest BCUT2D eigenvalue weighted by Gasteiger charge is -2.12. The number of pyridine rings is 1. The molecule has 0 aliphatic carbocycles. The molecule has 0 radical (unpaired) electrons. The number of carbonyl (C=O) groups excluding carboxylic acids is 2. The maximum absolute atomic E-state index is 12.3. The third kappa shape index (κ3) is 5.58. The van der Waals surface area contributed by atoms with Crippen LogP contribution in [0.2, 0.25) is 10.0 Å². The fourth-order valence-corrected chi connectivity index (χ4v) is 3.20. The molecule has 1 saturated heterocycles. The SMILES string of the molecule is O=C(NCCNc1ncc(Cl)cc1Cl)c1cccc(NC(=O)C2CCCO2)c1. The number of hydrogen-bond donors (Lipinski definition) is 3. The van der Waals surface area contributed by atoms with Crippen molar-refractivity contribution in [2.24, 2.45) is 0 Å². The van der Waals surface area contributed by atoms with Gasteiger partial charge in [0.05, 0.1) is 10.0 Å². The maximum atomic E-state index is 12.3. The Bertz CT molecular complexity index is 857. The minimum absolute atomic E-state index is 0.188. The Labute approximate surface area is 172 Å². The lowest BCUT2D eigenvalue weighted by atomic mass is 10.1.